The van der Waals surface area contributed by atoms with Gasteiger partial charge in [-0.25, -0.2) is 0 Å². The Kier molecular flexibility index (Phi) is 3.36. The molecule has 0 aliphatic carbocycles. The van der Waals surface area contributed by atoms with Crippen molar-refractivity contribution in [2.45, 2.75) is 30.9 Å². The summed E-state index contributed by atoms with van der Waals surface area (Å²) in [6, 6.07) is 0. The van der Waals surface area contributed by atoms with Crippen LogP contribution in [0.25, 0.3) is 0 Å². The minimum absolute atomic E-state index is 0.235. The van der Waals surface area contributed by atoms with Gasteiger partial charge in [-0.1, -0.05) is 0 Å². The van der Waals surface area contributed by atoms with Crippen molar-refractivity contribution in [1.82, 2.24) is 0 Å². The van der Waals surface area contributed by atoms with E-state index in [1.165, 1.54) is 7.11 Å². The maximum atomic E-state index is 11.4. The highest BCUT2D eigenvalue weighted by atomic mass is 32.2. The van der Waals surface area contributed by atoms with Gasteiger partial charge in [0.1, 0.15) is 5.78 Å². The van der Waals surface area contributed by atoms with Crippen molar-refractivity contribution in [2.24, 2.45) is 0 Å². The van der Waals surface area contributed by atoms with E-state index >= 15 is 0 Å². The first kappa shape index (κ1) is 10.6. The van der Waals surface area contributed by atoms with Crippen molar-refractivity contribution in [3.63, 3.8) is 0 Å². The SMILES string of the molecule is COC(=O)CC[C@]1(C)SCCC1=O. The summed E-state index contributed by atoms with van der Waals surface area (Å²) in [6.07, 6.45) is 1.58. The molecule has 1 fully saturated rings. The Morgan fingerprint density at radius 3 is 2.85 bits per heavy atom. The molecule has 1 rings (SSSR count). The zero-order valence-corrected chi connectivity index (χ0v) is 8.78. The molecule has 0 aromatic carbocycles. The summed E-state index contributed by atoms with van der Waals surface area (Å²) in [5.41, 5.74) is 0. The van der Waals surface area contributed by atoms with Crippen LogP contribution in [0.3, 0.4) is 0 Å². The monoisotopic (exact) mass is 202 g/mol. The largest absolute Gasteiger partial charge is 0.469 e. The van der Waals surface area contributed by atoms with E-state index < -0.39 is 0 Å². The number of hydrogen-bond acceptors (Lipinski definition) is 4. The molecule has 4 heteroatoms. The zero-order chi connectivity index (χ0) is 9.90. The molecule has 1 aliphatic rings. The molecular formula is C9H14O3S. The van der Waals surface area contributed by atoms with Gasteiger partial charge in [-0.3, -0.25) is 9.59 Å². The zero-order valence-electron chi connectivity index (χ0n) is 7.96. The third-order valence-corrected chi connectivity index (χ3v) is 3.85. The lowest BCUT2D eigenvalue weighted by Crippen LogP contribution is -2.27. The second kappa shape index (κ2) is 4.13. The lowest BCUT2D eigenvalue weighted by molar-refractivity contribution is -0.140. The van der Waals surface area contributed by atoms with E-state index in [-0.39, 0.29) is 16.5 Å². The number of carbonyl (C=O) groups is 2. The quantitative estimate of drug-likeness (QED) is 0.649. The van der Waals surface area contributed by atoms with E-state index in [1.54, 1.807) is 11.8 Å². The molecule has 0 unspecified atom stereocenters. The lowest BCUT2D eigenvalue weighted by atomic mass is 9.98. The van der Waals surface area contributed by atoms with Gasteiger partial charge < -0.3 is 4.74 Å². The number of ketones is 1. The third-order valence-electron chi connectivity index (χ3n) is 2.37. The average Bonchev–Trinajstić information content (AvgIpc) is 2.44. The Labute approximate surface area is 82.2 Å². The molecule has 0 saturated carbocycles. The number of Topliss-reactive ketones (excluding diaryl/α,β-unsaturated/α-hetero) is 1. The second-order valence-electron chi connectivity index (χ2n) is 3.33. The second-order valence-corrected chi connectivity index (χ2v) is 4.93. The van der Waals surface area contributed by atoms with E-state index in [9.17, 15) is 9.59 Å². The minimum Gasteiger partial charge on any atom is -0.469 e. The molecule has 74 valence electrons. The van der Waals surface area contributed by atoms with E-state index in [2.05, 4.69) is 4.74 Å². The maximum absolute atomic E-state index is 11.4. The van der Waals surface area contributed by atoms with Gasteiger partial charge in [0.25, 0.3) is 0 Å². The van der Waals surface area contributed by atoms with Crippen LogP contribution in [0.15, 0.2) is 0 Å². The smallest absolute Gasteiger partial charge is 0.305 e. The predicted octanol–water partition coefficient (Wildman–Crippen LogP) is 1.40. The molecular weight excluding hydrogens is 188 g/mol. The Balaban J connectivity index is 2.43. The van der Waals surface area contributed by atoms with Crippen molar-refractivity contribution in [3.05, 3.63) is 0 Å². The number of methoxy groups -OCH3 is 1. The van der Waals surface area contributed by atoms with Crippen LogP contribution in [0.4, 0.5) is 0 Å². The van der Waals surface area contributed by atoms with Gasteiger partial charge in [0, 0.05) is 18.6 Å². The fourth-order valence-corrected chi connectivity index (χ4v) is 2.62. The number of ether oxygens (including phenoxy) is 1. The molecule has 0 N–H and O–H groups in total. The summed E-state index contributed by atoms with van der Waals surface area (Å²) in [5.74, 6) is 0.916. The van der Waals surface area contributed by atoms with Gasteiger partial charge in [-0.15, -0.1) is 11.8 Å². The number of thioether (sulfide) groups is 1. The third kappa shape index (κ3) is 2.46. The van der Waals surface area contributed by atoms with Gasteiger partial charge in [-0.05, 0) is 13.3 Å². The van der Waals surface area contributed by atoms with E-state index in [4.69, 9.17) is 0 Å². The van der Waals surface area contributed by atoms with Crippen LogP contribution in [-0.4, -0.2) is 29.4 Å². The molecule has 1 aliphatic heterocycles. The molecule has 0 aromatic rings. The van der Waals surface area contributed by atoms with E-state index in [0.717, 1.165) is 5.75 Å². The maximum Gasteiger partial charge on any atom is 0.305 e. The van der Waals surface area contributed by atoms with Crippen LogP contribution in [0, 0.1) is 0 Å². The lowest BCUT2D eigenvalue weighted by Gasteiger charge is -2.19. The first-order chi connectivity index (χ1) is 6.08. The number of esters is 1. The van der Waals surface area contributed by atoms with Crippen molar-refractivity contribution in [2.75, 3.05) is 12.9 Å². The Hall–Kier alpha value is -0.510. The molecule has 1 saturated heterocycles. The normalized spacial score (nSPS) is 27.7. The van der Waals surface area contributed by atoms with E-state index in [0.29, 0.717) is 19.3 Å². The van der Waals surface area contributed by atoms with Crippen molar-refractivity contribution in [1.29, 1.82) is 0 Å². The Morgan fingerprint density at radius 1 is 1.69 bits per heavy atom. The van der Waals surface area contributed by atoms with E-state index in [1.807, 2.05) is 6.92 Å². The molecule has 0 bridgehead atoms. The van der Waals surface area contributed by atoms with Crippen molar-refractivity contribution in [3.8, 4) is 0 Å². The van der Waals surface area contributed by atoms with Crippen LogP contribution in [0.1, 0.15) is 26.2 Å². The first-order valence-corrected chi connectivity index (χ1v) is 5.31. The summed E-state index contributed by atoms with van der Waals surface area (Å²) >= 11 is 1.65. The number of carbonyl (C=O) groups excluding carboxylic acids is 2. The van der Waals surface area contributed by atoms with Gasteiger partial charge in [-0.2, -0.15) is 0 Å². The topological polar surface area (TPSA) is 43.4 Å². The Morgan fingerprint density at radius 2 is 2.38 bits per heavy atom. The van der Waals surface area contributed by atoms with Crippen LogP contribution < -0.4 is 0 Å². The van der Waals surface area contributed by atoms with Gasteiger partial charge in [0.15, 0.2) is 0 Å². The summed E-state index contributed by atoms with van der Waals surface area (Å²) in [7, 11) is 1.37. The number of rotatable bonds is 3. The average molecular weight is 202 g/mol. The van der Waals surface area contributed by atoms with Crippen LogP contribution >= 0.6 is 11.8 Å². The summed E-state index contributed by atoms with van der Waals surface area (Å²) in [6.45, 7) is 1.91. The molecule has 0 spiro atoms. The van der Waals surface area contributed by atoms with Crippen LogP contribution in [0.5, 0.6) is 0 Å². The number of hydrogen-bond donors (Lipinski definition) is 0. The van der Waals surface area contributed by atoms with Crippen molar-refractivity contribution < 1.29 is 14.3 Å². The summed E-state index contributed by atoms with van der Waals surface area (Å²) in [4.78, 5) is 22.3. The van der Waals surface area contributed by atoms with Crippen molar-refractivity contribution >= 4 is 23.5 Å². The minimum atomic E-state index is -0.339. The highest BCUT2D eigenvalue weighted by Crippen LogP contribution is 2.38. The summed E-state index contributed by atoms with van der Waals surface area (Å²) in [5, 5.41) is 0. The molecule has 0 amide bonds. The van der Waals surface area contributed by atoms with Crippen LogP contribution in [-0.2, 0) is 14.3 Å². The standard InChI is InChI=1S/C9H14O3S/c1-9(5-3-8(11)12-2)7(10)4-6-13-9/h3-6H2,1-2H3/t9-/m0/s1. The van der Waals surface area contributed by atoms with Gasteiger partial charge >= 0.3 is 5.97 Å². The highest BCUT2D eigenvalue weighted by Gasteiger charge is 2.38. The van der Waals surface area contributed by atoms with Gasteiger partial charge in [0.2, 0.25) is 0 Å². The highest BCUT2D eigenvalue weighted by molar-refractivity contribution is 8.01. The molecule has 13 heavy (non-hydrogen) atoms. The summed E-state index contributed by atoms with van der Waals surface area (Å²) < 4.78 is 4.19. The molecule has 0 radical (unpaired) electrons. The van der Waals surface area contributed by atoms with Crippen LogP contribution in [0.2, 0.25) is 0 Å². The predicted molar refractivity (Wildman–Crippen MR) is 51.7 cm³/mol. The van der Waals surface area contributed by atoms with Gasteiger partial charge in [0.05, 0.1) is 11.9 Å². The molecule has 3 nitrogen and oxygen atoms in total. The fourth-order valence-electron chi connectivity index (χ4n) is 1.37. The molecule has 1 heterocycles. The fraction of sp³-hybridized carbons (Fsp3) is 0.778. The first-order valence-electron chi connectivity index (χ1n) is 4.32. The Bertz CT molecular complexity index is 227. The molecule has 1 atom stereocenters. The molecule has 0 aromatic heterocycles.